The molecule has 0 saturated carbocycles. The van der Waals surface area contributed by atoms with Crippen molar-refractivity contribution in [3.8, 4) is 0 Å². The van der Waals surface area contributed by atoms with Gasteiger partial charge in [-0.05, 0) is 35.1 Å². The summed E-state index contributed by atoms with van der Waals surface area (Å²) in [6, 6.07) is 3.33. The maximum absolute atomic E-state index is 12.5. The molecule has 0 spiro atoms. The van der Waals surface area contributed by atoms with E-state index in [4.69, 9.17) is 16.7 Å². The van der Waals surface area contributed by atoms with Gasteiger partial charge in [0.1, 0.15) is 5.69 Å². The molecule has 2 amide bonds. The van der Waals surface area contributed by atoms with Crippen LogP contribution in [0.2, 0.25) is 5.02 Å². The van der Waals surface area contributed by atoms with Crippen LogP contribution in [0.1, 0.15) is 61.1 Å². The molecule has 0 unspecified atom stereocenters. The molecule has 2 rings (SSSR count). The molecule has 0 bridgehead atoms. The monoisotopic (exact) mass is 490 g/mol. The van der Waals surface area contributed by atoms with Crippen LogP contribution in [0.25, 0.3) is 0 Å². The zero-order chi connectivity index (χ0) is 22.1. The van der Waals surface area contributed by atoms with Gasteiger partial charge in [-0.3, -0.25) is 4.68 Å². The minimum absolute atomic E-state index is 0. The molecular formula is C18H25ClN4Na2O5S. The van der Waals surface area contributed by atoms with E-state index in [9.17, 15) is 18.0 Å². The number of aromatic nitrogens is 2. The Hall–Kier alpha value is -0.590. The molecule has 0 fully saturated rings. The Bertz CT molecular complexity index is 1040. The number of halogens is 1. The van der Waals surface area contributed by atoms with Crippen LogP contribution in [0.5, 0.6) is 0 Å². The van der Waals surface area contributed by atoms with Gasteiger partial charge in [0.05, 0.1) is 0 Å². The second-order valence-corrected chi connectivity index (χ2v) is 9.19. The Morgan fingerprint density at radius 1 is 1.06 bits per heavy atom. The molecule has 1 aromatic heterocycles. The first-order valence-electron chi connectivity index (χ1n) is 8.78. The van der Waals surface area contributed by atoms with E-state index in [-0.39, 0.29) is 76.6 Å². The molecule has 162 valence electrons. The Morgan fingerprint density at radius 2 is 1.55 bits per heavy atom. The average Bonchev–Trinajstić information content (AvgIpc) is 2.98. The zero-order valence-corrected chi connectivity index (χ0v) is 18.2. The van der Waals surface area contributed by atoms with Crippen molar-refractivity contribution in [1.29, 1.82) is 0 Å². The molecule has 2 aromatic rings. The quantitative estimate of drug-likeness (QED) is 0.532. The van der Waals surface area contributed by atoms with Crippen molar-refractivity contribution in [2.24, 2.45) is 7.05 Å². The summed E-state index contributed by atoms with van der Waals surface area (Å²) in [5, 5.41) is 15.2. The van der Waals surface area contributed by atoms with Gasteiger partial charge in [0.2, 0.25) is 0 Å². The number of carbonyl (C=O) groups is 2. The van der Waals surface area contributed by atoms with Crippen LogP contribution in [-0.4, -0.2) is 94.4 Å². The van der Waals surface area contributed by atoms with Gasteiger partial charge in [-0.15, -0.1) is 0 Å². The van der Waals surface area contributed by atoms with Crippen molar-refractivity contribution < 1.29 is 23.1 Å². The summed E-state index contributed by atoms with van der Waals surface area (Å²) in [6.07, 6.45) is 0. The third-order valence-corrected chi connectivity index (χ3v) is 5.65. The number of carboxylic acid groups (broad SMARTS) is 1. The summed E-state index contributed by atoms with van der Waals surface area (Å²) >= 11 is 6.19. The molecule has 0 saturated heterocycles. The maximum atomic E-state index is 12.5. The summed E-state index contributed by atoms with van der Waals surface area (Å²) in [7, 11) is -3.08. The fourth-order valence-electron chi connectivity index (χ4n) is 2.79. The third-order valence-electron chi connectivity index (χ3n) is 4.23. The molecule has 1 aromatic carbocycles. The molecule has 0 radical (unpaired) electrons. The van der Waals surface area contributed by atoms with Crippen LogP contribution < -0.4 is 10.0 Å². The number of amides is 2. The van der Waals surface area contributed by atoms with E-state index >= 15 is 0 Å². The predicted molar refractivity (Wildman–Crippen MR) is 123 cm³/mol. The molecule has 1 heterocycles. The number of nitrogens with zero attached hydrogens (tertiary/aromatic N) is 2. The first-order valence-corrected chi connectivity index (χ1v) is 10.6. The summed E-state index contributed by atoms with van der Waals surface area (Å²) < 4.78 is 27.7. The van der Waals surface area contributed by atoms with Crippen molar-refractivity contribution in [2.75, 3.05) is 5.32 Å². The van der Waals surface area contributed by atoms with Gasteiger partial charge in [-0.2, -0.15) is 13.5 Å². The van der Waals surface area contributed by atoms with Crippen molar-refractivity contribution in [3.05, 3.63) is 40.0 Å². The summed E-state index contributed by atoms with van der Waals surface area (Å²) in [5.41, 5.74) is 1.69. The summed E-state index contributed by atoms with van der Waals surface area (Å²) in [6.45, 7) is 7.71. The molecule has 0 aliphatic carbocycles. The average molecular weight is 491 g/mol. The Kier molecular flexibility index (Phi) is 11.8. The topological polar surface area (TPSA) is 130 Å². The first kappa shape index (κ1) is 30.4. The number of urea groups is 1. The predicted octanol–water partition coefficient (Wildman–Crippen LogP) is 2.23. The SMILES string of the molecule is CC(C)c1cc(Cl)cc(C(C)C)c1NC(=O)NS(=O)(=O)c1cc(C(=O)O)n(C)n1.[NaH].[NaH]. The molecule has 0 aliphatic rings. The van der Waals surface area contributed by atoms with E-state index in [1.807, 2.05) is 32.4 Å². The van der Waals surface area contributed by atoms with Crippen molar-refractivity contribution in [1.82, 2.24) is 14.5 Å². The Morgan fingerprint density at radius 3 is 1.94 bits per heavy atom. The number of rotatable bonds is 6. The van der Waals surface area contributed by atoms with Crippen molar-refractivity contribution in [2.45, 2.75) is 44.6 Å². The van der Waals surface area contributed by atoms with Crippen LogP contribution in [-0.2, 0) is 17.1 Å². The van der Waals surface area contributed by atoms with Crippen LogP contribution in [0, 0.1) is 0 Å². The molecule has 0 aliphatic heterocycles. The van der Waals surface area contributed by atoms with Gasteiger partial charge >= 0.3 is 71.1 Å². The van der Waals surface area contributed by atoms with Crippen molar-refractivity contribution >= 4 is 98.4 Å². The normalized spacial score (nSPS) is 11.0. The fourth-order valence-corrected chi connectivity index (χ4v) is 3.92. The second kappa shape index (κ2) is 12.0. The summed E-state index contributed by atoms with van der Waals surface area (Å²) in [4.78, 5) is 23.6. The number of nitrogens with one attached hydrogen (secondary N) is 2. The zero-order valence-electron chi connectivity index (χ0n) is 16.6. The number of sulfonamides is 1. The number of benzene rings is 1. The Labute approximate surface area is 230 Å². The molecular weight excluding hydrogens is 466 g/mol. The van der Waals surface area contributed by atoms with E-state index in [2.05, 4.69) is 10.4 Å². The van der Waals surface area contributed by atoms with Gasteiger partial charge < -0.3 is 10.4 Å². The van der Waals surface area contributed by atoms with Crippen molar-refractivity contribution in [3.63, 3.8) is 0 Å². The number of hydrogen-bond acceptors (Lipinski definition) is 5. The number of carboxylic acids is 1. The van der Waals surface area contributed by atoms with Crippen LogP contribution in [0.3, 0.4) is 0 Å². The number of carbonyl (C=O) groups excluding carboxylic acids is 1. The fraction of sp³-hybridized carbons (Fsp3) is 0.389. The number of anilines is 1. The van der Waals surface area contributed by atoms with E-state index in [0.717, 1.165) is 21.9 Å². The molecule has 13 heteroatoms. The molecule has 0 atom stereocenters. The van der Waals surface area contributed by atoms with Gasteiger partial charge in [0.15, 0.2) is 5.03 Å². The number of aromatic carboxylic acids is 1. The van der Waals surface area contributed by atoms with Gasteiger partial charge in [0, 0.05) is 23.8 Å². The second-order valence-electron chi connectivity index (χ2n) is 7.12. The van der Waals surface area contributed by atoms with E-state index in [0.29, 0.717) is 10.7 Å². The van der Waals surface area contributed by atoms with E-state index < -0.39 is 27.0 Å². The van der Waals surface area contributed by atoms with Gasteiger partial charge in [-0.1, -0.05) is 39.3 Å². The molecule has 9 nitrogen and oxygen atoms in total. The third kappa shape index (κ3) is 7.46. The minimum atomic E-state index is -4.37. The molecule has 31 heavy (non-hydrogen) atoms. The van der Waals surface area contributed by atoms with Gasteiger partial charge in [0.25, 0.3) is 10.0 Å². The van der Waals surface area contributed by atoms with E-state index in [1.54, 1.807) is 12.1 Å². The van der Waals surface area contributed by atoms with Gasteiger partial charge in [-0.25, -0.2) is 14.3 Å². The van der Waals surface area contributed by atoms with Crippen LogP contribution >= 0.6 is 11.6 Å². The molecule has 3 N–H and O–H groups in total. The standard InChI is InChI=1S/C18H23ClN4O5S.2Na.2H/c1-9(2)12-6-11(19)7-13(10(3)4)16(12)20-18(26)22-29(27,28)15-8-14(17(24)25)23(5)21-15;;;;/h6-10H,1-5H3,(H,24,25)(H2,20,22,26);;;;. The number of aryl methyl sites for hydroxylation is 1. The van der Waals surface area contributed by atoms with Crippen LogP contribution in [0.15, 0.2) is 23.2 Å². The van der Waals surface area contributed by atoms with Crippen LogP contribution in [0.4, 0.5) is 10.5 Å². The number of hydrogen-bond donors (Lipinski definition) is 3. The Balaban J connectivity index is 0.00000450. The summed E-state index contributed by atoms with van der Waals surface area (Å²) in [5.74, 6) is -1.30. The first-order chi connectivity index (χ1) is 13.3. The van der Waals surface area contributed by atoms with E-state index in [1.165, 1.54) is 7.05 Å².